The van der Waals surface area contributed by atoms with E-state index in [1.165, 1.54) is 0 Å². The second-order valence-electron chi connectivity index (χ2n) is 13.9. The van der Waals surface area contributed by atoms with Crippen molar-refractivity contribution in [3.05, 3.63) is 54.3 Å². The molecule has 47 heavy (non-hydrogen) atoms. The number of aromatic hydroxyl groups is 1. The van der Waals surface area contributed by atoms with Crippen molar-refractivity contribution in [2.24, 2.45) is 5.92 Å². The Hall–Kier alpha value is -3.86. The number of ketones is 1. The Morgan fingerprint density at radius 1 is 0.979 bits per heavy atom. The Morgan fingerprint density at radius 2 is 1.77 bits per heavy atom. The molecule has 0 unspecified atom stereocenters. The molecule has 4 aliphatic rings. The molecular weight excluding hydrogens is 595 g/mol. The van der Waals surface area contributed by atoms with E-state index < -0.39 is 5.82 Å². The number of Topliss-reactive ketones (excluding diaryl/α,β-unsaturated/α-hetero) is 1. The third kappa shape index (κ3) is 5.81. The number of hydrogen-bond acceptors (Lipinski definition) is 9. The van der Waals surface area contributed by atoms with Crippen LogP contribution >= 0.6 is 0 Å². The molecule has 2 bridgehead atoms. The number of piperidine rings is 1. The summed E-state index contributed by atoms with van der Waals surface area (Å²) in [5.74, 6) is 0.819. The molecule has 8 rings (SSSR count). The van der Waals surface area contributed by atoms with E-state index in [1.807, 2.05) is 30.3 Å². The van der Waals surface area contributed by atoms with Crippen molar-refractivity contribution in [2.75, 3.05) is 57.8 Å². The number of fused-ring (bicyclic) bond motifs is 4. The molecule has 9 nitrogen and oxygen atoms in total. The molecule has 10 heteroatoms. The van der Waals surface area contributed by atoms with E-state index in [0.717, 1.165) is 68.9 Å². The van der Waals surface area contributed by atoms with Crippen LogP contribution in [0.1, 0.15) is 38.5 Å². The molecule has 1 aromatic heterocycles. The molecule has 246 valence electrons. The van der Waals surface area contributed by atoms with Gasteiger partial charge in [-0.2, -0.15) is 9.97 Å². The fraction of sp³-hybridized carbons (Fsp3) is 0.486. The Bertz CT molecular complexity index is 1800. The Morgan fingerprint density at radius 3 is 2.53 bits per heavy atom. The lowest BCUT2D eigenvalue weighted by Gasteiger charge is -2.42. The molecule has 0 amide bonds. The van der Waals surface area contributed by atoms with E-state index in [1.54, 1.807) is 18.2 Å². The number of phenolic OH excluding ortho intramolecular Hbond substituents is 1. The zero-order valence-corrected chi connectivity index (χ0v) is 27.0. The minimum absolute atomic E-state index is 0.0817. The maximum Gasteiger partial charge on any atom is 0.319 e. The maximum atomic E-state index is 16.8. The average Bonchev–Trinajstić information content (AvgIpc) is 3.59. The van der Waals surface area contributed by atoms with Gasteiger partial charge in [-0.15, -0.1) is 0 Å². The van der Waals surface area contributed by atoms with Gasteiger partial charge in [0, 0.05) is 48.1 Å². The topological polar surface area (TPSA) is 94.1 Å². The van der Waals surface area contributed by atoms with Gasteiger partial charge in [0.15, 0.2) is 5.82 Å². The first-order valence-electron chi connectivity index (χ1n) is 17.2. The summed E-state index contributed by atoms with van der Waals surface area (Å²) >= 11 is 0. The highest BCUT2D eigenvalue weighted by atomic mass is 19.1. The van der Waals surface area contributed by atoms with Crippen LogP contribution in [0.3, 0.4) is 0 Å². The number of benzene rings is 3. The maximum absolute atomic E-state index is 16.8. The third-order valence-corrected chi connectivity index (χ3v) is 11.0. The van der Waals surface area contributed by atoms with Gasteiger partial charge < -0.3 is 25.0 Å². The summed E-state index contributed by atoms with van der Waals surface area (Å²) in [7, 11) is 2.10. The van der Waals surface area contributed by atoms with Gasteiger partial charge in [-0.3, -0.25) is 9.69 Å². The number of hydrogen-bond donors (Lipinski definition) is 2. The molecule has 4 aliphatic heterocycles. The minimum atomic E-state index is -0.459. The molecule has 0 aliphatic carbocycles. The fourth-order valence-electron chi connectivity index (χ4n) is 8.39. The van der Waals surface area contributed by atoms with Crippen molar-refractivity contribution in [2.45, 2.75) is 56.7 Å². The quantitative estimate of drug-likeness (QED) is 0.277. The van der Waals surface area contributed by atoms with Crippen LogP contribution in [0.2, 0.25) is 0 Å². The molecule has 3 aromatic carbocycles. The zero-order chi connectivity index (χ0) is 32.1. The molecule has 4 fully saturated rings. The van der Waals surface area contributed by atoms with Crippen LogP contribution in [-0.2, 0) is 4.79 Å². The van der Waals surface area contributed by atoms with Crippen LogP contribution in [0.5, 0.6) is 11.8 Å². The largest absolute Gasteiger partial charge is 0.508 e. The summed E-state index contributed by atoms with van der Waals surface area (Å²) in [6.45, 7) is 5.25. The smallest absolute Gasteiger partial charge is 0.319 e. The van der Waals surface area contributed by atoms with Crippen molar-refractivity contribution in [3.63, 3.8) is 0 Å². The van der Waals surface area contributed by atoms with Gasteiger partial charge in [-0.25, -0.2) is 4.39 Å². The van der Waals surface area contributed by atoms with Crippen LogP contribution in [0.4, 0.5) is 10.2 Å². The standard InChI is InChI=1S/C37H43FN6O3/c1-42-16-4-6-27(42)22-47-37-40-35-31(11-10-30(34(35)38)32-18-28(45)17-24-5-2-3-7-29(24)32)36(41-37)43-19-25-8-9-26(20-43)44(25)21-33(46)23-12-14-39-15-13-23/h2-3,5,7,10-11,17-18,23,25-27,39,45H,4,6,8-9,12-16,19-22H2,1H3/t25-,26+,27-/m0/s1. The van der Waals surface area contributed by atoms with Crippen LogP contribution in [0, 0.1) is 11.7 Å². The van der Waals surface area contributed by atoms with E-state index in [4.69, 9.17) is 9.72 Å². The number of nitrogens with zero attached hydrogens (tertiary/aromatic N) is 5. The predicted molar refractivity (Wildman–Crippen MR) is 182 cm³/mol. The summed E-state index contributed by atoms with van der Waals surface area (Å²) in [5.41, 5.74) is 1.20. The summed E-state index contributed by atoms with van der Waals surface area (Å²) in [6, 6.07) is 15.6. The van der Waals surface area contributed by atoms with Gasteiger partial charge in [0.25, 0.3) is 0 Å². The van der Waals surface area contributed by atoms with Crippen molar-refractivity contribution in [1.29, 1.82) is 0 Å². The molecule has 5 heterocycles. The number of halogens is 1. The number of carbonyl (C=O) groups excluding carboxylic acids is 1. The molecule has 0 spiro atoms. The second kappa shape index (κ2) is 12.6. The third-order valence-electron chi connectivity index (χ3n) is 11.0. The van der Waals surface area contributed by atoms with Crippen LogP contribution in [0.15, 0.2) is 48.5 Å². The molecule has 0 radical (unpaired) electrons. The predicted octanol–water partition coefficient (Wildman–Crippen LogP) is 4.99. The van der Waals surface area contributed by atoms with E-state index in [9.17, 15) is 9.90 Å². The highest BCUT2D eigenvalue weighted by molar-refractivity contribution is 6.01. The normalized spacial score (nSPS) is 24.0. The van der Waals surface area contributed by atoms with Gasteiger partial charge in [-0.1, -0.05) is 30.3 Å². The molecule has 2 N–H and O–H groups in total. The number of rotatable bonds is 8. The summed E-state index contributed by atoms with van der Waals surface area (Å²) in [5, 5.41) is 16.2. The lowest BCUT2D eigenvalue weighted by Crippen LogP contribution is -2.56. The van der Waals surface area contributed by atoms with Gasteiger partial charge in [0.1, 0.15) is 29.5 Å². The van der Waals surface area contributed by atoms with Crippen molar-refractivity contribution in [1.82, 2.24) is 25.1 Å². The summed E-state index contributed by atoms with van der Waals surface area (Å²) in [6.07, 6.45) is 6.08. The number of likely N-dealkylation sites (N-methyl/N-ethyl adjacent to an activating group) is 1. The Kier molecular flexibility index (Phi) is 8.19. The first kappa shape index (κ1) is 30.5. The Labute approximate surface area is 274 Å². The van der Waals surface area contributed by atoms with Crippen LogP contribution < -0.4 is 15.0 Å². The van der Waals surface area contributed by atoms with Gasteiger partial charge in [0.05, 0.1) is 6.54 Å². The number of piperazine rings is 1. The molecule has 0 saturated carbocycles. The first-order valence-corrected chi connectivity index (χ1v) is 17.2. The summed E-state index contributed by atoms with van der Waals surface area (Å²) < 4.78 is 23.0. The number of anilines is 1. The highest BCUT2D eigenvalue weighted by Crippen LogP contribution is 2.40. The molecular formula is C37H43FN6O3. The number of phenols is 1. The SMILES string of the molecule is CN1CCC[C@H]1COc1nc(N2C[C@H]3CC[C@@H](C2)N3CC(=O)C2CCNCC2)c2ccc(-c3cc(O)cc4ccccc34)c(F)c2n1. The number of ether oxygens (including phenoxy) is 1. The molecule has 4 aromatic rings. The van der Waals surface area contributed by atoms with Gasteiger partial charge >= 0.3 is 6.01 Å². The number of aromatic nitrogens is 2. The lowest BCUT2D eigenvalue weighted by molar-refractivity contribution is -0.125. The zero-order valence-electron chi connectivity index (χ0n) is 27.0. The number of carbonyl (C=O) groups is 1. The summed E-state index contributed by atoms with van der Waals surface area (Å²) in [4.78, 5) is 29.9. The van der Waals surface area contributed by atoms with Crippen molar-refractivity contribution >= 4 is 33.3 Å². The van der Waals surface area contributed by atoms with Crippen LogP contribution in [-0.4, -0.2) is 102 Å². The van der Waals surface area contributed by atoms with Crippen molar-refractivity contribution in [3.8, 4) is 22.9 Å². The number of nitrogens with one attached hydrogen (secondary N) is 1. The van der Waals surface area contributed by atoms with E-state index in [0.29, 0.717) is 54.4 Å². The van der Waals surface area contributed by atoms with Gasteiger partial charge in [0.2, 0.25) is 0 Å². The minimum Gasteiger partial charge on any atom is -0.508 e. The monoisotopic (exact) mass is 638 g/mol. The molecule has 3 atom stereocenters. The van der Waals surface area contributed by atoms with E-state index >= 15 is 4.39 Å². The Balaban J connectivity index is 1.15. The second-order valence-corrected chi connectivity index (χ2v) is 13.9. The molecule has 4 saturated heterocycles. The lowest BCUT2D eigenvalue weighted by atomic mass is 9.93. The van der Waals surface area contributed by atoms with E-state index in [2.05, 4.69) is 32.0 Å². The average molecular weight is 639 g/mol. The fourth-order valence-corrected chi connectivity index (χ4v) is 8.39. The van der Waals surface area contributed by atoms with Gasteiger partial charge in [-0.05, 0) is 99.7 Å². The highest BCUT2D eigenvalue weighted by Gasteiger charge is 2.42. The number of likely N-dealkylation sites (tertiary alicyclic amines) is 1. The first-order chi connectivity index (χ1) is 22.9. The van der Waals surface area contributed by atoms with Crippen molar-refractivity contribution < 1.29 is 19.0 Å². The van der Waals surface area contributed by atoms with E-state index in [-0.39, 0.29) is 41.3 Å². The van der Waals surface area contributed by atoms with Crippen LogP contribution in [0.25, 0.3) is 32.8 Å².